The first kappa shape index (κ1) is 16.4. The van der Waals surface area contributed by atoms with Gasteiger partial charge in [-0.2, -0.15) is 0 Å². The van der Waals surface area contributed by atoms with E-state index in [0.29, 0.717) is 5.56 Å². The molecule has 1 aliphatic rings. The molecule has 1 aromatic rings. The molecule has 5 unspecified atom stereocenters. The second-order valence-corrected chi connectivity index (χ2v) is 6.08. The molecule has 0 aliphatic carbocycles. The highest BCUT2D eigenvalue weighted by atomic mass is 19.1. The maximum atomic E-state index is 14.2. The summed E-state index contributed by atoms with van der Waals surface area (Å²) in [5.74, 6) is -0.342. The number of hydrogen-bond acceptors (Lipinski definition) is 2. The van der Waals surface area contributed by atoms with Gasteiger partial charge < -0.3 is 10.1 Å². The van der Waals surface area contributed by atoms with Gasteiger partial charge in [-0.1, -0.05) is 13.8 Å². The van der Waals surface area contributed by atoms with Gasteiger partial charge in [0.05, 0.1) is 12.2 Å². The lowest BCUT2D eigenvalue weighted by Crippen LogP contribution is -2.36. The van der Waals surface area contributed by atoms with Crippen LogP contribution in [0.5, 0.6) is 0 Å². The predicted molar refractivity (Wildman–Crippen MR) is 80.1 cm³/mol. The van der Waals surface area contributed by atoms with Gasteiger partial charge in [0, 0.05) is 17.5 Å². The second-order valence-electron chi connectivity index (χ2n) is 6.08. The van der Waals surface area contributed by atoms with Crippen molar-refractivity contribution in [3.05, 3.63) is 35.4 Å². The van der Waals surface area contributed by atoms with Gasteiger partial charge in [0.15, 0.2) is 0 Å². The third-order valence-corrected chi connectivity index (χ3v) is 4.61. The van der Waals surface area contributed by atoms with Crippen molar-refractivity contribution >= 4 is 0 Å². The van der Waals surface area contributed by atoms with Crippen LogP contribution >= 0.6 is 0 Å². The minimum absolute atomic E-state index is 0.0204. The summed E-state index contributed by atoms with van der Waals surface area (Å²) in [4.78, 5) is 0. The Morgan fingerprint density at radius 3 is 2.48 bits per heavy atom. The number of rotatable bonds is 5. The molecule has 0 spiro atoms. The van der Waals surface area contributed by atoms with Crippen molar-refractivity contribution in [2.45, 2.75) is 52.4 Å². The van der Waals surface area contributed by atoms with Gasteiger partial charge >= 0.3 is 0 Å². The molecule has 0 radical (unpaired) electrons. The summed E-state index contributed by atoms with van der Waals surface area (Å²) in [5.41, 5.74) is 0.407. The molecule has 1 N–H and O–H groups in total. The van der Waals surface area contributed by atoms with Crippen molar-refractivity contribution < 1.29 is 13.5 Å². The monoisotopic (exact) mass is 297 g/mol. The lowest BCUT2D eigenvalue weighted by molar-refractivity contribution is 0.0473. The summed E-state index contributed by atoms with van der Waals surface area (Å²) in [6.07, 6.45) is 1.10. The van der Waals surface area contributed by atoms with E-state index in [1.54, 1.807) is 0 Å². The average molecular weight is 297 g/mol. The first-order valence-corrected chi connectivity index (χ1v) is 7.79. The molecule has 0 saturated carbocycles. The Kier molecular flexibility index (Phi) is 5.33. The first-order chi connectivity index (χ1) is 9.95. The van der Waals surface area contributed by atoms with Crippen LogP contribution < -0.4 is 5.32 Å². The van der Waals surface area contributed by atoms with E-state index in [2.05, 4.69) is 19.2 Å². The van der Waals surface area contributed by atoms with Gasteiger partial charge in [0.1, 0.15) is 11.6 Å². The molecule has 0 aromatic heterocycles. The molecule has 0 bridgehead atoms. The van der Waals surface area contributed by atoms with Crippen LogP contribution in [0.15, 0.2) is 18.2 Å². The van der Waals surface area contributed by atoms with Crippen molar-refractivity contribution in [2.75, 3.05) is 6.54 Å². The molecule has 1 saturated heterocycles. The summed E-state index contributed by atoms with van der Waals surface area (Å²) >= 11 is 0. The SMILES string of the molecule is CCCNC(c1cc(F)ccc1F)C1C(C)OC(C)C1C. The molecule has 21 heavy (non-hydrogen) atoms. The number of nitrogens with one attached hydrogen (secondary N) is 1. The first-order valence-electron chi connectivity index (χ1n) is 7.79. The minimum Gasteiger partial charge on any atom is -0.375 e. The molecule has 0 amide bonds. The van der Waals surface area contributed by atoms with Crippen LogP contribution in [0.2, 0.25) is 0 Å². The summed E-state index contributed by atoms with van der Waals surface area (Å²) in [6, 6.07) is 3.46. The Hall–Kier alpha value is -1.00. The minimum atomic E-state index is -0.401. The number of halogens is 2. The van der Waals surface area contributed by atoms with Crippen LogP contribution in [0, 0.1) is 23.5 Å². The van der Waals surface area contributed by atoms with Crippen LogP contribution in [-0.2, 0) is 4.74 Å². The molecular formula is C17H25F2NO. The molecular weight excluding hydrogens is 272 g/mol. The van der Waals surface area contributed by atoms with Crippen molar-refractivity contribution in [1.82, 2.24) is 5.32 Å². The van der Waals surface area contributed by atoms with E-state index in [0.717, 1.165) is 19.0 Å². The Labute approximate surface area is 125 Å². The van der Waals surface area contributed by atoms with Gasteiger partial charge in [-0.3, -0.25) is 0 Å². The van der Waals surface area contributed by atoms with Crippen LogP contribution in [0.25, 0.3) is 0 Å². The normalized spacial score (nSPS) is 30.6. The van der Waals surface area contributed by atoms with E-state index in [-0.39, 0.29) is 35.9 Å². The quantitative estimate of drug-likeness (QED) is 0.884. The average Bonchev–Trinajstić information content (AvgIpc) is 2.69. The highest BCUT2D eigenvalue weighted by Crippen LogP contribution is 2.41. The summed E-state index contributed by atoms with van der Waals surface area (Å²) < 4.78 is 33.6. The van der Waals surface area contributed by atoms with Crippen LogP contribution in [0.3, 0.4) is 0 Å². The zero-order valence-electron chi connectivity index (χ0n) is 13.2. The standard InChI is InChI=1S/C17H25F2NO/c1-5-8-20-17(14-9-13(18)6-7-15(14)19)16-10(2)11(3)21-12(16)4/h6-7,9-12,16-17,20H,5,8H2,1-4H3. The zero-order chi connectivity index (χ0) is 15.6. The molecule has 2 rings (SSSR count). The predicted octanol–water partition coefficient (Wildman–Crippen LogP) is 4.07. The van der Waals surface area contributed by atoms with Gasteiger partial charge in [0.25, 0.3) is 0 Å². The van der Waals surface area contributed by atoms with Crippen LogP contribution in [-0.4, -0.2) is 18.8 Å². The number of hydrogen-bond donors (Lipinski definition) is 1. The van der Waals surface area contributed by atoms with E-state index in [4.69, 9.17) is 4.74 Å². The molecule has 118 valence electrons. The highest BCUT2D eigenvalue weighted by molar-refractivity contribution is 5.24. The smallest absolute Gasteiger partial charge is 0.128 e. The maximum absolute atomic E-state index is 14.2. The van der Waals surface area contributed by atoms with Gasteiger partial charge in [0.2, 0.25) is 0 Å². The van der Waals surface area contributed by atoms with E-state index in [9.17, 15) is 8.78 Å². The molecule has 1 fully saturated rings. The molecule has 1 heterocycles. The van der Waals surface area contributed by atoms with E-state index >= 15 is 0 Å². The van der Waals surface area contributed by atoms with Crippen molar-refractivity contribution in [3.63, 3.8) is 0 Å². The fourth-order valence-corrected chi connectivity index (χ4v) is 3.37. The highest BCUT2D eigenvalue weighted by Gasteiger charge is 2.42. The van der Waals surface area contributed by atoms with Crippen LogP contribution in [0.1, 0.15) is 45.7 Å². The van der Waals surface area contributed by atoms with Crippen LogP contribution in [0.4, 0.5) is 8.78 Å². The molecule has 2 nitrogen and oxygen atoms in total. The largest absolute Gasteiger partial charge is 0.375 e. The van der Waals surface area contributed by atoms with E-state index in [1.807, 2.05) is 13.8 Å². The lowest BCUT2D eigenvalue weighted by atomic mass is 9.80. The van der Waals surface area contributed by atoms with Crippen molar-refractivity contribution in [3.8, 4) is 0 Å². The Morgan fingerprint density at radius 1 is 1.19 bits per heavy atom. The molecule has 1 aromatic carbocycles. The summed E-state index contributed by atoms with van der Waals surface area (Å²) in [6.45, 7) is 9.01. The fourth-order valence-electron chi connectivity index (χ4n) is 3.37. The van der Waals surface area contributed by atoms with E-state index in [1.165, 1.54) is 12.1 Å². The zero-order valence-corrected chi connectivity index (χ0v) is 13.2. The molecule has 1 aliphatic heterocycles. The molecule has 4 heteroatoms. The van der Waals surface area contributed by atoms with Crippen molar-refractivity contribution in [2.24, 2.45) is 11.8 Å². The number of ether oxygens (including phenoxy) is 1. The van der Waals surface area contributed by atoms with E-state index < -0.39 is 5.82 Å². The third kappa shape index (κ3) is 3.43. The summed E-state index contributed by atoms with van der Waals surface area (Å²) in [7, 11) is 0. The second kappa shape index (κ2) is 6.84. The Bertz CT molecular complexity index is 480. The summed E-state index contributed by atoms with van der Waals surface area (Å²) in [5, 5.41) is 3.39. The Morgan fingerprint density at radius 2 is 1.90 bits per heavy atom. The van der Waals surface area contributed by atoms with Gasteiger partial charge in [-0.25, -0.2) is 8.78 Å². The number of benzene rings is 1. The van der Waals surface area contributed by atoms with Crippen molar-refractivity contribution in [1.29, 1.82) is 0 Å². The fraction of sp³-hybridized carbons (Fsp3) is 0.647. The Balaban J connectivity index is 2.36. The topological polar surface area (TPSA) is 21.3 Å². The maximum Gasteiger partial charge on any atom is 0.128 e. The van der Waals surface area contributed by atoms with Gasteiger partial charge in [-0.05, 0) is 50.9 Å². The lowest BCUT2D eigenvalue weighted by Gasteiger charge is -2.30. The third-order valence-electron chi connectivity index (χ3n) is 4.61. The molecule has 5 atom stereocenters. The van der Waals surface area contributed by atoms with Gasteiger partial charge in [-0.15, -0.1) is 0 Å².